The lowest BCUT2D eigenvalue weighted by Gasteiger charge is -2.03. The molecule has 0 fully saturated rings. The molecular formula is C12H16ClN3. The smallest absolute Gasteiger partial charge is 0.137 e. The zero-order chi connectivity index (χ0) is 11.4. The first kappa shape index (κ1) is 11.4. The third-order valence-corrected chi connectivity index (χ3v) is 2.66. The first-order valence-electron chi connectivity index (χ1n) is 5.53. The summed E-state index contributed by atoms with van der Waals surface area (Å²) in [6.07, 6.45) is 5.04. The summed E-state index contributed by atoms with van der Waals surface area (Å²) in [7, 11) is 0. The average Bonchev–Trinajstić information content (AvgIpc) is 2.66. The molecule has 0 saturated carbocycles. The Balaban J connectivity index is 1.89. The predicted molar refractivity (Wildman–Crippen MR) is 66.8 cm³/mol. The van der Waals surface area contributed by atoms with Gasteiger partial charge in [0.1, 0.15) is 5.65 Å². The first-order chi connectivity index (χ1) is 7.75. The molecule has 1 unspecified atom stereocenters. The van der Waals surface area contributed by atoms with Crippen molar-refractivity contribution in [3.8, 4) is 0 Å². The quantitative estimate of drug-likeness (QED) is 0.639. The van der Waals surface area contributed by atoms with Crippen LogP contribution in [-0.2, 0) is 6.54 Å². The number of pyridine rings is 1. The van der Waals surface area contributed by atoms with Crippen LogP contribution in [0.15, 0.2) is 30.6 Å². The Morgan fingerprint density at radius 2 is 2.38 bits per heavy atom. The third kappa shape index (κ3) is 2.97. The molecule has 2 rings (SSSR count). The SMILES string of the molecule is CC(Cl)CCNCc1cn2ccccc2n1. The standard InChI is InChI=1S/C12H16ClN3/c1-10(13)5-6-14-8-11-9-16-7-3-2-4-12(16)15-11/h2-4,7,9-10,14H,5-6,8H2,1H3. The van der Waals surface area contributed by atoms with Gasteiger partial charge in [-0.2, -0.15) is 0 Å². The number of fused-ring (bicyclic) bond motifs is 1. The minimum atomic E-state index is 0.230. The number of hydrogen-bond acceptors (Lipinski definition) is 2. The maximum atomic E-state index is 5.86. The Bertz CT molecular complexity index is 417. The molecule has 2 aromatic heterocycles. The van der Waals surface area contributed by atoms with E-state index >= 15 is 0 Å². The van der Waals surface area contributed by atoms with Crippen molar-refractivity contribution in [2.45, 2.75) is 25.3 Å². The summed E-state index contributed by atoms with van der Waals surface area (Å²) in [5.41, 5.74) is 2.05. The summed E-state index contributed by atoms with van der Waals surface area (Å²) in [6, 6.07) is 6.00. The van der Waals surface area contributed by atoms with Crippen molar-refractivity contribution in [2.24, 2.45) is 0 Å². The van der Waals surface area contributed by atoms with E-state index in [0.29, 0.717) is 0 Å². The number of nitrogens with zero attached hydrogens (tertiary/aromatic N) is 2. The highest BCUT2D eigenvalue weighted by molar-refractivity contribution is 6.20. The third-order valence-electron chi connectivity index (χ3n) is 2.44. The molecule has 0 aliphatic carbocycles. The highest BCUT2D eigenvalue weighted by Crippen LogP contribution is 2.04. The van der Waals surface area contributed by atoms with Crippen LogP contribution < -0.4 is 5.32 Å². The van der Waals surface area contributed by atoms with Crippen molar-refractivity contribution in [3.63, 3.8) is 0 Å². The zero-order valence-corrected chi connectivity index (χ0v) is 10.1. The van der Waals surface area contributed by atoms with Crippen molar-refractivity contribution in [1.29, 1.82) is 0 Å². The topological polar surface area (TPSA) is 29.3 Å². The van der Waals surface area contributed by atoms with Crippen molar-refractivity contribution < 1.29 is 0 Å². The van der Waals surface area contributed by atoms with Gasteiger partial charge >= 0.3 is 0 Å². The first-order valence-corrected chi connectivity index (χ1v) is 5.97. The Labute approximate surface area is 100 Å². The average molecular weight is 238 g/mol. The molecule has 4 heteroatoms. The van der Waals surface area contributed by atoms with Crippen LogP contribution in [0.25, 0.3) is 5.65 Å². The van der Waals surface area contributed by atoms with E-state index in [9.17, 15) is 0 Å². The monoisotopic (exact) mass is 237 g/mol. The van der Waals surface area contributed by atoms with Gasteiger partial charge in [0.2, 0.25) is 0 Å². The molecule has 0 radical (unpaired) electrons. The second kappa shape index (κ2) is 5.32. The van der Waals surface area contributed by atoms with Gasteiger partial charge in [-0.3, -0.25) is 0 Å². The van der Waals surface area contributed by atoms with Crippen LogP contribution in [0.5, 0.6) is 0 Å². The Morgan fingerprint density at radius 3 is 3.12 bits per heavy atom. The number of nitrogens with one attached hydrogen (secondary N) is 1. The molecule has 2 heterocycles. The Kier molecular flexibility index (Phi) is 3.80. The van der Waals surface area contributed by atoms with Gasteiger partial charge in [0.05, 0.1) is 5.69 Å². The van der Waals surface area contributed by atoms with Gasteiger partial charge in [-0.05, 0) is 32.0 Å². The molecule has 1 N–H and O–H groups in total. The van der Waals surface area contributed by atoms with Crippen LogP contribution in [0, 0.1) is 0 Å². The van der Waals surface area contributed by atoms with E-state index in [1.54, 1.807) is 0 Å². The lowest BCUT2D eigenvalue weighted by Crippen LogP contribution is -2.17. The van der Waals surface area contributed by atoms with Crippen LogP contribution in [0.2, 0.25) is 0 Å². The molecule has 0 saturated heterocycles. The van der Waals surface area contributed by atoms with E-state index < -0.39 is 0 Å². The predicted octanol–water partition coefficient (Wildman–Crippen LogP) is 2.44. The van der Waals surface area contributed by atoms with Gasteiger partial charge in [0.25, 0.3) is 0 Å². The molecule has 0 aromatic carbocycles. The molecule has 0 bridgehead atoms. The van der Waals surface area contributed by atoms with Gasteiger partial charge < -0.3 is 9.72 Å². The molecule has 0 amide bonds. The van der Waals surface area contributed by atoms with Crippen molar-refractivity contribution in [3.05, 3.63) is 36.3 Å². The summed E-state index contributed by atoms with van der Waals surface area (Å²) < 4.78 is 2.03. The summed E-state index contributed by atoms with van der Waals surface area (Å²) in [5, 5.41) is 3.56. The fourth-order valence-electron chi connectivity index (χ4n) is 1.59. The summed E-state index contributed by atoms with van der Waals surface area (Å²) in [5.74, 6) is 0. The Morgan fingerprint density at radius 1 is 1.50 bits per heavy atom. The van der Waals surface area contributed by atoms with E-state index in [0.717, 1.165) is 30.9 Å². The van der Waals surface area contributed by atoms with E-state index in [-0.39, 0.29) is 5.38 Å². The molecule has 86 valence electrons. The van der Waals surface area contributed by atoms with Crippen LogP contribution in [0.4, 0.5) is 0 Å². The maximum absolute atomic E-state index is 5.86. The van der Waals surface area contributed by atoms with Crippen LogP contribution in [0.3, 0.4) is 0 Å². The van der Waals surface area contributed by atoms with Crippen molar-refractivity contribution in [1.82, 2.24) is 14.7 Å². The number of alkyl halides is 1. The van der Waals surface area contributed by atoms with Crippen molar-refractivity contribution in [2.75, 3.05) is 6.54 Å². The molecule has 2 aromatic rings. The fraction of sp³-hybridized carbons (Fsp3) is 0.417. The highest BCUT2D eigenvalue weighted by atomic mass is 35.5. The van der Waals surface area contributed by atoms with E-state index in [1.807, 2.05) is 41.9 Å². The largest absolute Gasteiger partial charge is 0.311 e. The molecule has 1 atom stereocenters. The molecule has 16 heavy (non-hydrogen) atoms. The second-order valence-electron chi connectivity index (χ2n) is 3.94. The minimum Gasteiger partial charge on any atom is -0.311 e. The van der Waals surface area contributed by atoms with Crippen LogP contribution in [0.1, 0.15) is 19.0 Å². The number of halogens is 1. The summed E-state index contributed by atoms with van der Waals surface area (Å²) in [4.78, 5) is 4.50. The lowest BCUT2D eigenvalue weighted by molar-refractivity contribution is 0.638. The van der Waals surface area contributed by atoms with Crippen LogP contribution >= 0.6 is 11.6 Å². The van der Waals surface area contributed by atoms with Gasteiger partial charge in [-0.25, -0.2) is 4.98 Å². The fourth-order valence-corrected chi connectivity index (χ4v) is 1.70. The van der Waals surface area contributed by atoms with E-state index in [2.05, 4.69) is 10.3 Å². The second-order valence-corrected chi connectivity index (χ2v) is 4.69. The maximum Gasteiger partial charge on any atom is 0.137 e. The van der Waals surface area contributed by atoms with E-state index in [1.165, 1.54) is 0 Å². The number of rotatable bonds is 5. The normalized spacial score (nSPS) is 13.1. The van der Waals surface area contributed by atoms with Crippen molar-refractivity contribution >= 4 is 17.2 Å². The van der Waals surface area contributed by atoms with Gasteiger partial charge in [-0.15, -0.1) is 11.6 Å². The van der Waals surface area contributed by atoms with Gasteiger partial charge in [-0.1, -0.05) is 6.07 Å². The number of imidazole rings is 1. The Hall–Kier alpha value is -1.06. The summed E-state index contributed by atoms with van der Waals surface area (Å²) in [6.45, 7) is 3.73. The summed E-state index contributed by atoms with van der Waals surface area (Å²) >= 11 is 5.86. The van der Waals surface area contributed by atoms with Gasteiger partial charge in [0.15, 0.2) is 0 Å². The molecule has 0 spiro atoms. The zero-order valence-electron chi connectivity index (χ0n) is 9.36. The minimum absolute atomic E-state index is 0.230. The molecular weight excluding hydrogens is 222 g/mol. The molecule has 0 aliphatic heterocycles. The number of aromatic nitrogens is 2. The lowest BCUT2D eigenvalue weighted by atomic mass is 10.3. The van der Waals surface area contributed by atoms with Gasteiger partial charge in [0, 0.05) is 24.3 Å². The van der Waals surface area contributed by atoms with E-state index in [4.69, 9.17) is 11.6 Å². The highest BCUT2D eigenvalue weighted by Gasteiger charge is 2.00. The number of hydrogen-bond donors (Lipinski definition) is 1. The molecule has 3 nitrogen and oxygen atoms in total. The van der Waals surface area contributed by atoms with Crippen LogP contribution in [-0.4, -0.2) is 21.3 Å². The molecule has 0 aliphatic rings.